The molecule has 0 radical (unpaired) electrons. The van der Waals surface area contributed by atoms with Crippen molar-refractivity contribution in [2.75, 3.05) is 16.8 Å². The van der Waals surface area contributed by atoms with Crippen molar-refractivity contribution in [2.24, 2.45) is 0 Å². The maximum Gasteiger partial charge on any atom is 0.387 e. The predicted octanol–water partition coefficient (Wildman–Crippen LogP) is 3.84. The second-order valence-electron chi connectivity index (χ2n) is 6.46. The first-order valence-corrected chi connectivity index (χ1v) is 8.94. The smallest absolute Gasteiger partial charge is 0.387 e. The zero-order valence-corrected chi connectivity index (χ0v) is 14.9. The molecule has 0 bridgehead atoms. The van der Waals surface area contributed by atoms with Crippen LogP contribution in [0.15, 0.2) is 54.9 Å². The zero-order chi connectivity index (χ0) is 19.5. The molecule has 28 heavy (non-hydrogen) atoms. The van der Waals surface area contributed by atoms with Gasteiger partial charge in [-0.25, -0.2) is 9.97 Å². The summed E-state index contributed by atoms with van der Waals surface area (Å²) in [5.41, 5.74) is 1.35. The van der Waals surface area contributed by atoms with Crippen LogP contribution in [-0.4, -0.2) is 35.1 Å². The molecule has 0 spiro atoms. The molecule has 2 heterocycles. The molecule has 4 rings (SSSR count). The number of benzene rings is 2. The largest absolute Gasteiger partial charge is 0.435 e. The number of para-hydroxylation sites is 1. The number of hydrogen-bond donors (Lipinski definition) is 1. The SMILES string of the molecule is O=C(Nc1ccc(OC(F)F)cc1)[C@H]1CCCN1c1ncnc2ccccc12. The monoisotopic (exact) mass is 384 g/mol. The van der Waals surface area contributed by atoms with E-state index in [1.807, 2.05) is 29.2 Å². The Morgan fingerprint density at radius 1 is 1.14 bits per heavy atom. The second kappa shape index (κ2) is 7.75. The molecule has 1 aromatic heterocycles. The standard InChI is InChI=1S/C20H18F2N4O2/c21-20(22)28-14-9-7-13(8-10-14)25-19(27)17-6-3-11-26(17)18-15-4-1-2-5-16(15)23-12-24-18/h1-2,4-5,7-10,12,17,20H,3,6,11H2,(H,25,27)/t17-/m1/s1. The summed E-state index contributed by atoms with van der Waals surface area (Å²) < 4.78 is 28.8. The predicted molar refractivity (Wildman–Crippen MR) is 102 cm³/mol. The maximum atomic E-state index is 12.8. The van der Waals surface area contributed by atoms with Crippen LogP contribution in [0.3, 0.4) is 0 Å². The van der Waals surface area contributed by atoms with E-state index in [4.69, 9.17) is 0 Å². The quantitative estimate of drug-likeness (QED) is 0.724. The van der Waals surface area contributed by atoms with E-state index in [9.17, 15) is 13.6 Å². The van der Waals surface area contributed by atoms with Crippen LogP contribution >= 0.6 is 0 Å². The number of ether oxygens (including phenoxy) is 1. The van der Waals surface area contributed by atoms with Gasteiger partial charge in [0.2, 0.25) is 5.91 Å². The van der Waals surface area contributed by atoms with E-state index in [0.29, 0.717) is 12.1 Å². The summed E-state index contributed by atoms with van der Waals surface area (Å²) in [5, 5.41) is 3.75. The lowest BCUT2D eigenvalue weighted by Gasteiger charge is -2.25. The number of nitrogens with one attached hydrogen (secondary N) is 1. The molecule has 1 aliphatic rings. The molecule has 144 valence electrons. The van der Waals surface area contributed by atoms with Gasteiger partial charge in [-0.05, 0) is 49.2 Å². The number of amides is 1. The van der Waals surface area contributed by atoms with Gasteiger partial charge in [-0.15, -0.1) is 0 Å². The van der Waals surface area contributed by atoms with Gasteiger partial charge in [0.1, 0.15) is 23.9 Å². The van der Waals surface area contributed by atoms with Crippen LogP contribution in [0.1, 0.15) is 12.8 Å². The van der Waals surface area contributed by atoms with Crippen molar-refractivity contribution in [3.8, 4) is 5.75 Å². The molecule has 2 aromatic carbocycles. The van der Waals surface area contributed by atoms with Crippen molar-refractivity contribution in [3.63, 3.8) is 0 Å². The molecular weight excluding hydrogens is 366 g/mol. The van der Waals surface area contributed by atoms with Gasteiger partial charge in [-0.1, -0.05) is 12.1 Å². The summed E-state index contributed by atoms with van der Waals surface area (Å²) in [6.07, 6.45) is 3.08. The van der Waals surface area contributed by atoms with Crippen molar-refractivity contribution < 1.29 is 18.3 Å². The van der Waals surface area contributed by atoms with E-state index in [1.165, 1.54) is 30.6 Å². The van der Waals surface area contributed by atoms with Gasteiger partial charge in [0.15, 0.2) is 0 Å². The highest BCUT2D eigenvalue weighted by Crippen LogP contribution is 2.30. The van der Waals surface area contributed by atoms with E-state index < -0.39 is 6.61 Å². The number of carbonyl (C=O) groups excluding carboxylic acids is 1. The summed E-state index contributed by atoms with van der Waals surface area (Å²) in [6.45, 7) is -2.16. The maximum absolute atomic E-state index is 12.8. The molecule has 3 aromatic rings. The highest BCUT2D eigenvalue weighted by atomic mass is 19.3. The van der Waals surface area contributed by atoms with E-state index in [-0.39, 0.29) is 17.7 Å². The number of aromatic nitrogens is 2. The number of alkyl halides is 2. The molecule has 6 nitrogen and oxygen atoms in total. The summed E-state index contributed by atoms with van der Waals surface area (Å²) in [4.78, 5) is 23.5. The summed E-state index contributed by atoms with van der Waals surface area (Å²) in [7, 11) is 0. The van der Waals surface area contributed by atoms with Crippen LogP contribution in [0.2, 0.25) is 0 Å². The highest BCUT2D eigenvalue weighted by Gasteiger charge is 2.32. The Labute approximate surface area is 160 Å². The summed E-state index contributed by atoms with van der Waals surface area (Å²) >= 11 is 0. The molecular formula is C20H18F2N4O2. The first-order chi connectivity index (χ1) is 13.6. The fourth-order valence-electron chi connectivity index (χ4n) is 3.46. The molecule has 1 fully saturated rings. The minimum atomic E-state index is -2.88. The minimum absolute atomic E-state index is 0.0444. The number of hydrogen-bond acceptors (Lipinski definition) is 5. The number of halogens is 2. The topological polar surface area (TPSA) is 67.3 Å². The fraction of sp³-hybridized carbons (Fsp3) is 0.250. The lowest BCUT2D eigenvalue weighted by Crippen LogP contribution is -2.40. The first kappa shape index (κ1) is 18.1. The summed E-state index contributed by atoms with van der Waals surface area (Å²) in [6, 6.07) is 13.2. The average Bonchev–Trinajstić information content (AvgIpc) is 3.18. The Balaban J connectivity index is 1.52. The Bertz CT molecular complexity index is 976. The van der Waals surface area contributed by atoms with Crippen molar-refractivity contribution in [1.82, 2.24) is 9.97 Å². The van der Waals surface area contributed by atoms with Gasteiger partial charge in [-0.2, -0.15) is 8.78 Å². The third kappa shape index (κ3) is 3.71. The first-order valence-electron chi connectivity index (χ1n) is 8.94. The van der Waals surface area contributed by atoms with E-state index in [1.54, 1.807) is 0 Å². The number of fused-ring (bicyclic) bond motifs is 1. The molecule has 1 aliphatic heterocycles. The third-order valence-corrected chi connectivity index (χ3v) is 4.70. The number of anilines is 2. The minimum Gasteiger partial charge on any atom is -0.435 e. The molecule has 1 atom stereocenters. The van der Waals surface area contributed by atoms with Gasteiger partial charge < -0.3 is 15.0 Å². The van der Waals surface area contributed by atoms with Crippen LogP contribution in [0.5, 0.6) is 5.75 Å². The zero-order valence-electron chi connectivity index (χ0n) is 14.9. The van der Waals surface area contributed by atoms with E-state index >= 15 is 0 Å². The summed E-state index contributed by atoms with van der Waals surface area (Å²) in [5.74, 6) is 0.620. The van der Waals surface area contributed by atoms with Gasteiger partial charge >= 0.3 is 6.61 Å². The molecule has 1 amide bonds. The Morgan fingerprint density at radius 2 is 1.93 bits per heavy atom. The van der Waals surface area contributed by atoms with Crippen molar-refractivity contribution >= 4 is 28.3 Å². The lowest BCUT2D eigenvalue weighted by molar-refractivity contribution is -0.117. The van der Waals surface area contributed by atoms with Gasteiger partial charge in [0.05, 0.1) is 5.52 Å². The number of carbonyl (C=O) groups is 1. The van der Waals surface area contributed by atoms with Crippen LogP contribution in [0, 0.1) is 0 Å². The molecule has 1 saturated heterocycles. The van der Waals surface area contributed by atoms with E-state index in [2.05, 4.69) is 20.0 Å². The second-order valence-corrected chi connectivity index (χ2v) is 6.46. The number of rotatable bonds is 5. The van der Waals surface area contributed by atoms with E-state index in [0.717, 1.165) is 29.7 Å². The third-order valence-electron chi connectivity index (χ3n) is 4.70. The van der Waals surface area contributed by atoms with Gasteiger partial charge in [0, 0.05) is 17.6 Å². The molecule has 0 aliphatic carbocycles. The van der Waals surface area contributed by atoms with Crippen LogP contribution in [0.25, 0.3) is 10.9 Å². The van der Waals surface area contributed by atoms with Crippen molar-refractivity contribution in [3.05, 3.63) is 54.9 Å². The van der Waals surface area contributed by atoms with Crippen LogP contribution in [-0.2, 0) is 4.79 Å². The van der Waals surface area contributed by atoms with Crippen molar-refractivity contribution in [1.29, 1.82) is 0 Å². The van der Waals surface area contributed by atoms with Gasteiger partial charge in [0.25, 0.3) is 0 Å². The van der Waals surface area contributed by atoms with Crippen LogP contribution in [0.4, 0.5) is 20.3 Å². The Morgan fingerprint density at radius 3 is 2.71 bits per heavy atom. The molecule has 8 heteroatoms. The van der Waals surface area contributed by atoms with Gasteiger partial charge in [-0.3, -0.25) is 4.79 Å². The van der Waals surface area contributed by atoms with Crippen LogP contribution < -0.4 is 15.0 Å². The Hall–Kier alpha value is -3.29. The Kier molecular flexibility index (Phi) is 5.01. The number of nitrogens with zero attached hydrogens (tertiary/aromatic N) is 3. The molecule has 0 saturated carbocycles. The fourth-order valence-corrected chi connectivity index (χ4v) is 3.46. The highest BCUT2D eigenvalue weighted by molar-refractivity contribution is 5.99. The molecule has 0 unspecified atom stereocenters. The average molecular weight is 384 g/mol. The van der Waals surface area contributed by atoms with Crippen molar-refractivity contribution in [2.45, 2.75) is 25.5 Å². The lowest BCUT2D eigenvalue weighted by atomic mass is 10.1. The normalized spacial score (nSPS) is 16.5. The molecule has 1 N–H and O–H groups in total.